The third-order valence-corrected chi connectivity index (χ3v) is 6.72. The number of imidazole rings is 1. The zero-order valence-corrected chi connectivity index (χ0v) is 19.8. The molecule has 0 bridgehead atoms. The summed E-state index contributed by atoms with van der Waals surface area (Å²) in [6.07, 6.45) is 0.787. The molecule has 1 aliphatic rings. The Morgan fingerprint density at radius 2 is 1.76 bits per heavy atom. The lowest BCUT2D eigenvalue weighted by Crippen LogP contribution is -2.48. The molecule has 0 spiro atoms. The van der Waals surface area contributed by atoms with Gasteiger partial charge < -0.3 is 19.2 Å². The number of benzene rings is 2. The average molecular weight is 454 g/mol. The first kappa shape index (κ1) is 22.9. The summed E-state index contributed by atoms with van der Waals surface area (Å²) in [5, 5.41) is 0. The van der Waals surface area contributed by atoms with Gasteiger partial charge in [-0.15, -0.1) is 0 Å². The van der Waals surface area contributed by atoms with Gasteiger partial charge in [0.25, 0.3) is 0 Å². The van der Waals surface area contributed by atoms with Crippen molar-refractivity contribution in [2.24, 2.45) is 5.92 Å². The molecule has 8 heteroatoms. The molecule has 1 saturated heterocycles. The first-order chi connectivity index (χ1) is 15.9. The van der Waals surface area contributed by atoms with Gasteiger partial charge in [-0.25, -0.2) is 4.79 Å². The van der Waals surface area contributed by atoms with E-state index in [0.717, 1.165) is 24.0 Å². The Labute approximate surface area is 193 Å². The first-order valence-electron chi connectivity index (χ1n) is 11.2. The molecule has 2 heterocycles. The van der Waals surface area contributed by atoms with Gasteiger partial charge in [0, 0.05) is 24.7 Å². The molecule has 3 atom stereocenters. The van der Waals surface area contributed by atoms with Crippen LogP contribution in [0.5, 0.6) is 17.2 Å². The van der Waals surface area contributed by atoms with Crippen LogP contribution in [0.2, 0.25) is 0 Å². The summed E-state index contributed by atoms with van der Waals surface area (Å²) >= 11 is 0. The standard InChI is InChI=1S/C25H31N3O5/c1-15-14-27(11-10-19(15)28-20-9-7-6-8-18(20)26-25(28)30)16(2)23(29)17-12-21(31-3)24(33-5)22(13-17)32-4/h6-9,12-13,15-16,19H,10-11,14H2,1-5H3,(H,26,30)/t15-,16?,19-/m1/s1. The van der Waals surface area contributed by atoms with E-state index in [1.807, 2.05) is 35.8 Å². The number of carbonyl (C=O) groups excluding carboxylic acids is 1. The van der Waals surface area contributed by atoms with Gasteiger partial charge in [0.05, 0.1) is 38.4 Å². The highest BCUT2D eigenvalue weighted by Crippen LogP contribution is 2.39. The summed E-state index contributed by atoms with van der Waals surface area (Å²) in [6, 6.07) is 10.9. The van der Waals surface area contributed by atoms with E-state index in [1.165, 1.54) is 21.3 Å². The second-order valence-electron chi connectivity index (χ2n) is 8.60. The summed E-state index contributed by atoms with van der Waals surface area (Å²) < 4.78 is 18.1. The van der Waals surface area contributed by atoms with Gasteiger partial charge in [-0.2, -0.15) is 0 Å². The van der Waals surface area contributed by atoms with E-state index in [1.54, 1.807) is 12.1 Å². The van der Waals surface area contributed by atoms with Crippen LogP contribution in [0.1, 0.15) is 36.7 Å². The van der Waals surface area contributed by atoms with E-state index in [9.17, 15) is 9.59 Å². The van der Waals surface area contributed by atoms with Crippen molar-refractivity contribution in [2.75, 3.05) is 34.4 Å². The van der Waals surface area contributed by atoms with Crippen LogP contribution in [0.15, 0.2) is 41.2 Å². The Morgan fingerprint density at radius 1 is 1.09 bits per heavy atom. The number of ether oxygens (including phenoxy) is 3. The second kappa shape index (κ2) is 9.31. The number of hydrogen-bond acceptors (Lipinski definition) is 6. The van der Waals surface area contributed by atoms with Gasteiger partial charge in [0.15, 0.2) is 17.3 Å². The molecule has 0 aliphatic carbocycles. The van der Waals surface area contributed by atoms with E-state index < -0.39 is 0 Å². The fourth-order valence-corrected chi connectivity index (χ4v) is 4.93. The number of para-hydroxylation sites is 2. The Balaban J connectivity index is 1.54. The molecule has 0 radical (unpaired) electrons. The lowest BCUT2D eigenvalue weighted by Gasteiger charge is -2.40. The summed E-state index contributed by atoms with van der Waals surface area (Å²) in [6.45, 7) is 5.50. The first-order valence-corrected chi connectivity index (χ1v) is 11.2. The van der Waals surface area contributed by atoms with Crippen LogP contribution >= 0.6 is 0 Å². The number of rotatable bonds is 7. The number of Topliss-reactive ketones (excluding diaryl/α,β-unsaturated/α-hetero) is 1. The third kappa shape index (κ3) is 4.11. The molecule has 1 fully saturated rings. The van der Waals surface area contributed by atoms with Crippen molar-refractivity contribution in [2.45, 2.75) is 32.4 Å². The lowest BCUT2D eigenvalue weighted by atomic mass is 9.91. The highest BCUT2D eigenvalue weighted by molar-refractivity contribution is 6.01. The van der Waals surface area contributed by atoms with Crippen LogP contribution in [0.4, 0.5) is 0 Å². The summed E-state index contributed by atoms with van der Waals surface area (Å²) in [4.78, 5) is 31.2. The predicted molar refractivity (Wildman–Crippen MR) is 127 cm³/mol. The van der Waals surface area contributed by atoms with Gasteiger partial charge in [0.2, 0.25) is 5.75 Å². The van der Waals surface area contributed by atoms with Crippen molar-refractivity contribution >= 4 is 16.8 Å². The highest BCUT2D eigenvalue weighted by atomic mass is 16.5. The second-order valence-corrected chi connectivity index (χ2v) is 8.60. The number of carbonyl (C=O) groups is 1. The predicted octanol–water partition coefficient (Wildman–Crippen LogP) is 3.51. The molecule has 0 saturated carbocycles. The van der Waals surface area contributed by atoms with E-state index in [2.05, 4.69) is 16.8 Å². The molecule has 1 aromatic heterocycles. The minimum absolute atomic E-state index is 0.0100. The van der Waals surface area contributed by atoms with Crippen LogP contribution in [0, 0.1) is 5.92 Å². The van der Waals surface area contributed by atoms with E-state index in [-0.39, 0.29) is 29.5 Å². The summed E-state index contributed by atoms with van der Waals surface area (Å²) in [5.41, 5.74) is 2.21. The van der Waals surface area contributed by atoms with Gasteiger partial charge in [0.1, 0.15) is 0 Å². The minimum atomic E-state index is -0.323. The zero-order chi connectivity index (χ0) is 23.7. The maximum atomic E-state index is 13.4. The van der Waals surface area contributed by atoms with Gasteiger partial charge in [-0.05, 0) is 43.5 Å². The van der Waals surface area contributed by atoms with E-state index in [4.69, 9.17) is 14.2 Å². The number of aromatic amines is 1. The molecule has 1 aliphatic heterocycles. The maximum Gasteiger partial charge on any atom is 0.326 e. The van der Waals surface area contributed by atoms with Crippen molar-refractivity contribution in [3.63, 3.8) is 0 Å². The lowest BCUT2D eigenvalue weighted by molar-refractivity contribution is 0.0681. The van der Waals surface area contributed by atoms with Crippen molar-refractivity contribution < 1.29 is 19.0 Å². The van der Waals surface area contributed by atoms with Gasteiger partial charge in [-0.3, -0.25) is 14.3 Å². The Kier molecular flexibility index (Phi) is 6.47. The zero-order valence-electron chi connectivity index (χ0n) is 19.8. The summed E-state index contributed by atoms with van der Waals surface area (Å²) in [5.74, 6) is 1.56. The number of likely N-dealkylation sites (tertiary alicyclic amines) is 1. The number of piperidine rings is 1. The number of H-pyrrole nitrogens is 1. The number of fused-ring (bicyclic) bond motifs is 1. The van der Waals surface area contributed by atoms with Crippen molar-refractivity contribution in [3.8, 4) is 17.2 Å². The van der Waals surface area contributed by atoms with Crippen LogP contribution in [-0.4, -0.2) is 60.7 Å². The van der Waals surface area contributed by atoms with Crippen LogP contribution in [0.3, 0.4) is 0 Å². The van der Waals surface area contributed by atoms with Crippen molar-refractivity contribution in [3.05, 3.63) is 52.4 Å². The van der Waals surface area contributed by atoms with Gasteiger partial charge in [-0.1, -0.05) is 19.1 Å². The Morgan fingerprint density at radius 3 is 2.36 bits per heavy atom. The molecular weight excluding hydrogens is 422 g/mol. The smallest absolute Gasteiger partial charge is 0.326 e. The molecule has 1 N–H and O–H groups in total. The number of nitrogens with one attached hydrogen (secondary N) is 1. The van der Waals surface area contributed by atoms with E-state index in [0.29, 0.717) is 29.4 Å². The van der Waals surface area contributed by atoms with Crippen molar-refractivity contribution in [1.82, 2.24) is 14.5 Å². The number of aromatic nitrogens is 2. The Bertz CT molecular complexity index is 1190. The number of nitrogens with zero attached hydrogens (tertiary/aromatic N) is 2. The summed E-state index contributed by atoms with van der Waals surface area (Å²) in [7, 11) is 4.61. The third-order valence-electron chi connectivity index (χ3n) is 6.72. The molecule has 3 aromatic rings. The molecule has 0 amide bonds. The van der Waals surface area contributed by atoms with Gasteiger partial charge >= 0.3 is 5.69 Å². The highest BCUT2D eigenvalue weighted by Gasteiger charge is 2.34. The quantitative estimate of drug-likeness (QED) is 0.551. The fourth-order valence-electron chi connectivity index (χ4n) is 4.93. The molecule has 176 valence electrons. The monoisotopic (exact) mass is 453 g/mol. The molecule has 33 heavy (non-hydrogen) atoms. The van der Waals surface area contributed by atoms with Crippen LogP contribution in [0.25, 0.3) is 11.0 Å². The normalized spacial score (nSPS) is 19.9. The number of hydrogen-bond donors (Lipinski definition) is 1. The Hall–Kier alpha value is -3.26. The maximum absolute atomic E-state index is 13.4. The molecule has 2 aromatic carbocycles. The molecule has 4 rings (SSSR count). The van der Waals surface area contributed by atoms with Crippen LogP contribution < -0.4 is 19.9 Å². The largest absolute Gasteiger partial charge is 0.493 e. The topological polar surface area (TPSA) is 85.8 Å². The number of ketones is 1. The van der Waals surface area contributed by atoms with Crippen molar-refractivity contribution in [1.29, 1.82) is 0 Å². The number of methoxy groups -OCH3 is 3. The SMILES string of the molecule is COc1cc(C(=O)C(C)N2CC[C@@H](n3c(=O)[nH]c4ccccc43)[C@H](C)C2)cc(OC)c1OC. The molecule has 1 unspecified atom stereocenters. The fraction of sp³-hybridized carbons (Fsp3) is 0.440. The molecule has 8 nitrogen and oxygen atoms in total. The molecular formula is C25H31N3O5. The average Bonchev–Trinajstić information content (AvgIpc) is 3.17. The van der Waals surface area contributed by atoms with E-state index >= 15 is 0 Å². The minimum Gasteiger partial charge on any atom is -0.493 e. The van der Waals surface area contributed by atoms with Crippen LogP contribution in [-0.2, 0) is 0 Å².